The molecule has 0 atom stereocenters. The van der Waals surface area contributed by atoms with Gasteiger partial charge in [-0.25, -0.2) is 0 Å². The van der Waals surface area contributed by atoms with Gasteiger partial charge in [-0.05, 0) is 30.4 Å². The number of aliphatic hydroxyl groups excluding tert-OH is 1. The maximum absolute atomic E-state index is 12.2. The van der Waals surface area contributed by atoms with E-state index in [9.17, 15) is 9.90 Å². The number of hydrogen-bond donors (Lipinski definition) is 3. The molecule has 0 bridgehead atoms. The van der Waals surface area contributed by atoms with E-state index >= 15 is 0 Å². The van der Waals surface area contributed by atoms with Crippen LogP contribution < -0.4 is 5.32 Å². The second-order valence-electron chi connectivity index (χ2n) is 4.99. The minimum Gasteiger partial charge on any atom is -0.392 e. The summed E-state index contributed by atoms with van der Waals surface area (Å²) in [5, 5.41) is 19.2. The fourth-order valence-corrected chi connectivity index (χ4v) is 2.65. The van der Waals surface area contributed by atoms with Crippen molar-refractivity contribution in [1.82, 2.24) is 15.5 Å². The summed E-state index contributed by atoms with van der Waals surface area (Å²) in [6.45, 7) is 0.376. The Morgan fingerprint density at radius 3 is 2.90 bits per heavy atom. The number of aromatic nitrogens is 2. The van der Waals surface area contributed by atoms with Gasteiger partial charge in [0, 0.05) is 17.8 Å². The zero-order chi connectivity index (χ0) is 13.9. The fourth-order valence-electron chi connectivity index (χ4n) is 2.65. The predicted molar refractivity (Wildman–Crippen MR) is 74.1 cm³/mol. The van der Waals surface area contributed by atoms with Crippen molar-refractivity contribution in [2.24, 2.45) is 0 Å². The van der Waals surface area contributed by atoms with Crippen LogP contribution in [-0.4, -0.2) is 21.2 Å². The summed E-state index contributed by atoms with van der Waals surface area (Å²) in [7, 11) is 0. The van der Waals surface area contributed by atoms with Crippen LogP contribution in [0.25, 0.3) is 0 Å². The van der Waals surface area contributed by atoms with Gasteiger partial charge < -0.3 is 10.4 Å². The Morgan fingerprint density at radius 1 is 1.30 bits per heavy atom. The number of carbonyl (C=O) groups excluding carboxylic acids is 1. The second kappa shape index (κ2) is 5.46. The number of aryl methyl sites for hydroxylation is 1. The number of aromatic amines is 1. The fraction of sp³-hybridized carbons (Fsp3) is 0.333. The number of rotatable bonds is 4. The maximum atomic E-state index is 12.2. The average molecular weight is 271 g/mol. The standard InChI is InChI=1S/C15H17N3O2/c19-9-11-5-2-1-4-10(11)8-16-15(20)14-12-6-3-7-13(12)17-18-14/h1-2,4-5,19H,3,6-9H2,(H,16,20)(H,17,18). The Morgan fingerprint density at radius 2 is 2.10 bits per heavy atom. The highest BCUT2D eigenvalue weighted by molar-refractivity contribution is 5.94. The van der Waals surface area contributed by atoms with E-state index in [1.54, 1.807) is 0 Å². The van der Waals surface area contributed by atoms with E-state index in [0.29, 0.717) is 12.2 Å². The molecule has 20 heavy (non-hydrogen) atoms. The smallest absolute Gasteiger partial charge is 0.272 e. The number of nitrogens with one attached hydrogen (secondary N) is 2. The number of aliphatic hydroxyl groups is 1. The number of carbonyl (C=O) groups is 1. The molecule has 3 N–H and O–H groups in total. The highest BCUT2D eigenvalue weighted by atomic mass is 16.3. The molecule has 104 valence electrons. The molecule has 1 aliphatic carbocycles. The van der Waals surface area contributed by atoms with Crippen LogP contribution in [0.15, 0.2) is 24.3 Å². The van der Waals surface area contributed by atoms with Crippen LogP contribution in [-0.2, 0) is 26.0 Å². The van der Waals surface area contributed by atoms with E-state index in [1.807, 2.05) is 24.3 Å². The van der Waals surface area contributed by atoms with Gasteiger partial charge in [-0.15, -0.1) is 0 Å². The second-order valence-corrected chi connectivity index (χ2v) is 4.99. The molecule has 0 radical (unpaired) electrons. The predicted octanol–water partition coefficient (Wildman–Crippen LogP) is 1.32. The lowest BCUT2D eigenvalue weighted by molar-refractivity contribution is 0.0944. The molecule has 1 aliphatic rings. The van der Waals surface area contributed by atoms with E-state index in [-0.39, 0.29) is 12.5 Å². The third kappa shape index (κ3) is 2.32. The normalized spacial score (nSPS) is 13.2. The monoisotopic (exact) mass is 271 g/mol. The molecule has 1 amide bonds. The van der Waals surface area contributed by atoms with Gasteiger partial charge in [-0.1, -0.05) is 24.3 Å². The van der Waals surface area contributed by atoms with E-state index < -0.39 is 0 Å². The minimum absolute atomic E-state index is 0.0240. The SMILES string of the molecule is O=C(NCc1ccccc1CO)c1n[nH]c2c1CCC2. The third-order valence-electron chi connectivity index (χ3n) is 3.75. The summed E-state index contributed by atoms with van der Waals surface area (Å²) in [5.41, 5.74) is 4.42. The zero-order valence-corrected chi connectivity index (χ0v) is 11.1. The first-order chi connectivity index (χ1) is 9.79. The van der Waals surface area contributed by atoms with Crippen molar-refractivity contribution >= 4 is 5.91 Å². The molecule has 5 nitrogen and oxygen atoms in total. The molecule has 0 aliphatic heterocycles. The van der Waals surface area contributed by atoms with Crippen LogP contribution >= 0.6 is 0 Å². The van der Waals surface area contributed by atoms with Crippen LogP contribution in [0.5, 0.6) is 0 Å². The lowest BCUT2D eigenvalue weighted by atomic mass is 10.1. The molecular weight excluding hydrogens is 254 g/mol. The Balaban J connectivity index is 1.70. The molecular formula is C15H17N3O2. The van der Waals surface area contributed by atoms with Crippen LogP contribution in [0.4, 0.5) is 0 Å². The van der Waals surface area contributed by atoms with Gasteiger partial charge in [0.05, 0.1) is 6.61 Å². The summed E-state index contributed by atoms with van der Waals surface area (Å²) in [6, 6.07) is 7.53. The van der Waals surface area contributed by atoms with Crippen molar-refractivity contribution in [2.75, 3.05) is 0 Å². The summed E-state index contributed by atoms with van der Waals surface area (Å²) in [6.07, 6.45) is 2.97. The van der Waals surface area contributed by atoms with Gasteiger partial charge in [0.25, 0.3) is 5.91 Å². The number of nitrogens with zero attached hydrogens (tertiary/aromatic N) is 1. The molecule has 0 saturated heterocycles. The summed E-state index contributed by atoms with van der Waals surface area (Å²) in [4.78, 5) is 12.2. The van der Waals surface area contributed by atoms with Crippen molar-refractivity contribution in [1.29, 1.82) is 0 Å². The Kier molecular flexibility index (Phi) is 3.52. The van der Waals surface area contributed by atoms with E-state index in [2.05, 4.69) is 15.5 Å². The molecule has 5 heteroatoms. The molecule has 0 fully saturated rings. The van der Waals surface area contributed by atoms with E-state index in [0.717, 1.165) is 41.6 Å². The van der Waals surface area contributed by atoms with Crippen molar-refractivity contribution in [3.05, 3.63) is 52.3 Å². The van der Waals surface area contributed by atoms with Crippen LogP contribution in [0.2, 0.25) is 0 Å². The number of hydrogen-bond acceptors (Lipinski definition) is 3. The first-order valence-electron chi connectivity index (χ1n) is 6.81. The van der Waals surface area contributed by atoms with Gasteiger partial charge in [0.2, 0.25) is 0 Å². The van der Waals surface area contributed by atoms with E-state index in [1.165, 1.54) is 0 Å². The number of amides is 1. The van der Waals surface area contributed by atoms with Gasteiger partial charge in [0.1, 0.15) is 0 Å². The molecule has 1 aromatic carbocycles. The highest BCUT2D eigenvalue weighted by Gasteiger charge is 2.22. The number of H-pyrrole nitrogens is 1. The van der Waals surface area contributed by atoms with E-state index in [4.69, 9.17) is 0 Å². The third-order valence-corrected chi connectivity index (χ3v) is 3.75. The Bertz CT molecular complexity index is 634. The minimum atomic E-state index is -0.155. The van der Waals surface area contributed by atoms with Gasteiger partial charge in [-0.3, -0.25) is 9.89 Å². The number of benzene rings is 1. The molecule has 2 aromatic rings. The molecule has 0 unspecified atom stereocenters. The first-order valence-corrected chi connectivity index (χ1v) is 6.81. The molecule has 0 spiro atoms. The molecule has 1 aromatic heterocycles. The summed E-state index contributed by atoms with van der Waals surface area (Å²) < 4.78 is 0. The zero-order valence-electron chi connectivity index (χ0n) is 11.1. The summed E-state index contributed by atoms with van der Waals surface area (Å²) in [5.74, 6) is -0.155. The lowest BCUT2D eigenvalue weighted by Gasteiger charge is -2.08. The molecule has 3 rings (SSSR count). The summed E-state index contributed by atoms with van der Waals surface area (Å²) >= 11 is 0. The van der Waals surface area contributed by atoms with Crippen molar-refractivity contribution in [3.8, 4) is 0 Å². The number of fused-ring (bicyclic) bond motifs is 1. The van der Waals surface area contributed by atoms with Crippen molar-refractivity contribution in [3.63, 3.8) is 0 Å². The molecule has 1 heterocycles. The Hall–Kier alpha value is -2.14. The van der Waals surface area contributed by atoms with Crippen LogP contribution in [0.1, 0.15) is 39.3 Å². The highest BCUT2D eigenvalue weighted by Crippen LogP contribution is 2.22. The quantitative estimate of drug-likeness (QED) is 0.785. The maximum Gasteiger partial charge on any atom is 0.272 e. The van der Waals surface area contributed by atoms with Crippen LogP contribution in [0, 0.1) is 0 Å². The largest absolute Gasteiger partial charge is 0.392 e. The topological polar surface area (TPSA) is 78.0 Å². The van der Waals surface area contributed by atoms with Gasteiger partial charge in [-0.2, -0.15) is 5.10 Å². The molecule has 0 saturated carbocycles. The average Bonchev–Trinajstić information content (AvgIpc) is 3.07. The lowest BCUT2D eigenvalue weighted by Crippen LogP contribution is -2.24. The first kappa shape index (κ1) is 12.9. The van der Waals surface area contributed by atoms with Crippen molar-refractivity contribution < 1.29 is 9.90 Å². The van der Waals surface area contributed by atoms with Crippen molar-refractivity contribution in [2.45, 2.75) is 32.4 Å². The van der Waals surface area contributed by atoms with Crippen LogP contribution in [0.3, 0.4) is 0 Å². The van der Waals surface area contributed by atoms with Gasteiger partial charge >= 0.3 is 0 Å². The van der Waals surface area contributed by atoms with Gasteiger partial charge in [0.15, 0.2) is 5.69 Å². The Labute approximate surface area is 117 Å².